The smallest absolute Gasteiger partial charge is 0.264 e. The van der Waals surface area contributed by atoms with E-state index in [2.05, 4.69) is 5.32 Å². The number of ether oxygens (including phenoxy) is 1. The number of hydrogen-bond acceptors (Lipinski definition) is 5. The molecule has 3 aromatic carbocycles. The van der Waals surface area contributed by atoms with Gasteiger partial charge in [0.05, 0.1) is 17.7 Å². The Labute approximate surface area is 253 Å². The van der Waals surface area contributed by atoms with Crippen LogP contribution >= 0.6 is 11.6 Å². The van der Waals surface area contributed by atoms with Gasteiger partial charge in [-0.15, -0.1) is 0 Å². The highest BCUT2D eigenvalue weighted by Gasteiger charge is 2.33. The highest BCUT2D eigenvalue weighted by atomic mass is 35.5. The number of nitrogens with zero attached hydrogens (tertiary/aromatic N) is 2. The van der Waals surface area contributed by atoms with Crippen molar-refractivity contribution in [1.82, 2.24) is 10.2 Å². The third-order valence-corrected chi connectivity index (χ3v) is 9.85. The van der Waals surface area contributed by atoms with Crippen molar-refractivity contribution in [3.05, 3.63) is 88.9 Å². The Bertz CT molecular complexity index is 1490. The van der Waals surface area contributed by atoms with Crippen molar-refractivity contribution in [2.45, 2.75) is 69.5 Å². The van der Waals surface area contributed by atoms with Gasteiger partial charge in [-0.1, -0.05) is 67.3 Å². The molecule has 1 fully saturated rings. The van der Waals surface area contributed by atoms with Crippen LogP contribution in [0.2, 0.25) is 5.02 Å². The molecular weight excluding hydrogens is 574 g/mol. The van der Waals surface area contributed by atoms with Gasteiger partial charge in [-0.05, 0) is 74.2 Å². The van der Waals surface area contributed by atoms with Gasteiger partial charge in [-0.3, -0.25) is 13.9 Å². The predicted octanol–water partition coefficient (Wildman–Crippen LogP) is 5.72. The maximum Gasteiger partial charge on any atom is 0.264 e. The minimum Gasteiger partial charge on any atom is -0.497 e. The van der Waals surface area contributed by atoms with Crippen LogP contribution in [0.5, 0.6) is 5.75 Å². The minimum absolute atomic E-state index is 0.0388. The lowest BCUT2D eigenvalue weighted by atomic mass is 9.95. The molecule has 0 aromatic heterocycles. The van der Waals surface area contributed by atoms with Gasteiger partial charge in [0.2, 0.25) is 11.8 Å². The molecule has 1 atom stereocenters. The fourth-order valence-electron chi connectivity index (χ4n) is 5.10. The lowest BCUT2D eigenvalue weighted by molar-refractivity contribution is -0.139. The average Bonchev–Trinajstić information content (AvgIpc) is 3.00. The Morgan fingerprint density at radius 3 is 2.38 bits per heavy atom. The third kappa shape index (κ3) is 7.63. The molecule has 1 saturated carbocycles. The lowest BCUT2D eigenvalue weighted by Crippen LogP contribution is -2.53. The number of sulfonamides is 1. The van der Waals surface area contributed by atoms with Crippen LogP contribution in [0.15, 0.2) is 77.7 Å². The first-order valence-corrected chi connectivity index (χ1v) is 16.0. The van der Waals surface area contributed by atoms with E-state index in [-0.39, 0.29) is 29.1 Å². The highest BCUT2D eigenvalue weighted by Crippen LogP contribution is 2.29. The van der Waals surface area contributed by atoms with Crippen LogP contribution < -0.4 is 14.4 Å². The van der Waals surface area contributed by atoms with E-state index in [1.54, 1.807) is 56.5 Å². The second-order valence-corrected chi connectivity index (χ2v) is 12.9. The number of benzene rings is 3. The first-order chi connectivity index (χ1) is 20.1. The van der Waals surface area contributed by atoms with E-state index in [0.29, 0.717) is 10.8 Å². The van der Waals surface area contributed by atoms with E-state index >= 15 is 0 Å². The Balaban J connectivity index is 1.69. The van der Waals surface area contributed by atoms with Crippen LogP contribution in [0.25, 0.3) is 0 Å². The Kier molecular flexibility index (Phi) is 10.5. The van der Waals surface area contributed by atoms with Crippen LogP contribution in [0.4, 0.5) is 5.69 Å². The molecule has 0 spiro atoms. The summed E-state index contributed by atoms with van der Waals surface area (Å²) in [7, 11) is -2.60. The van der Waals surface area contributed by atoms with Crippen molar-refractivity contribution in [1.29, 1.82) is 0 Å². The molecule has 10 heteroatoms. The number of nitrogens with one attached hydrogen (secondary N) is 1. The van der Waals surface area contributed by atoms with E-state index < -0.39 is 28.5 Å². The summed E-state index contributed by atoms with van der Waals surface area (Å²) >= 11 is 6.39. The van der Waals surface area contributed by atoms with Crippen LogP contribution in [0, 0.1) is 6.92 Å². The summed E-state index contributed by atoms with van der Waals surface area (Å²) in [5.74, 6) is -0.184. The molecule has 1 aliphatic rings. The number of carbonyl (C=O) groups is 2. The molecule has 2 amide bonds. The van der Waals surface area contributed by atoms with Crippen LogP contribution in [-0.4, -0.2) is 50.9 Å². The first kappa shape index (κ1) is 31.4. The quantitative estimate of drug-likeness (QED) is 0.299. The van der Waals surface area contributed by atoms with Gasteiger partial charge in [0.1, 0.15) is 18.3 Å². The number of halogens is 1. The van der Waals surface area contributed by atoms with Crippen LogP contribution in [0.1, 0.15) is 50.2 Å². The summed E-state index contributed by atoms with van der Waals surface area (Å²) in [6.07, 6.45) is 5.06. The zero-order valence-corrected chi connectivity index (χ0v) is 25.8. The van der Waals surface area contributed by atoms with E-state index in [1.165, 1.54) is 23.1 Å². The number of amides is 2. The van der Waals surface area contributed by atoms with Gasteiger partial charge >= 0.3 is 0 Å². The summed E-state index contributed by atoms with van der Waals surface area (Å²) in [5, 5.41) is 3.49. The molecule has 4 rings (SSSR count). The Morgan fingerprint density at radius 1 is 1.00 bits per heavy atom. The maximum absolute atomic E-state index is 14.1. The van der Waals surface area contributed by atoms with Crippen molar-refractivity contribution in [3.8, 4) is 5.75 Å². The molecule has 0 unspecified atom stereocenters. The number of aryl methyl sites for hydroxylation is 1. The first-order valence-electron chi connectivity index (χ1n) is 14.2. The van der Waals surface area contributed by atoms with Gasteiger partial charge < -0.3 is 15.0 Å². The fraction of sp³-hybridized carbons (Fsp3) is 0.375. The van der Waals surface area contributed by atoms with Gasteiger partial charge in [-0.25, -0.2) is 8.42 Å². The SMILES string of the molecule is COc1cccc(CN(C(=O)CN(c2ccc(C)c(Cl)c2)S(=O)(=O)c2ccccc2)[C@@H](C)C(=O)NC2CCCCC2)c1. The molecule has 0 saturated heterocycles. The second-order valence-electron chi connectivity index (χ2n) is 10.7. The van der Waals surface area contributed by atoms with E-state index in [1.807, 2.05) is 19.1 Å². The third-order valence-electron chi connectivity index (χ3n) is 7.66. The molecule has 8 nitrogen and oxygen atoms in total. The number of carbonyl (C=O) groups excluding carboxylic acids is 2. The molecule has 0 aliphatic heterocycles. The van der Waals surface area contributed by atoms with Gasteiger partial charge in [0.25, 0.3) is 10.0 Å². The monoisotopic (exact) mass is 611 g/mol. The number of rotatable bonds is 11. The zero-order chi connectivity index (χ0) is 30.3. The number of hydrogen-bond donors (Lipinski definition) is 1. The molecule has 0 heterocycles. The summed E-state index contributed by atoms with van der Waals surface area (Å²) < 4.78 is 34.2. The van der Waals surface area contributed by atoms with Crippen LogP contribution in [-0.2, 0) is 26.2 Å². The summed E-state index contributed by atoms with van der Waals surface area (Å²) in [6.45, 7) is 3.05. The van der Waals surface area contributed by atoms with Gasteiger partial charge in [0, 0.05) is 17.6 Å². The molecule has 0 bridgehead atoms. The van der Waals surface area contributed by atoms with Crippen molar-refractivity contribution < 1.29 is 22.7 Å². The lowest BCUT2D eigenvalue weighted by Gasteiger charge is -2.33. The highest BCUT2D eigenvalue weighted by molar-refractivity contribution is 7.92. The molecule has 3 aromatic rings. The normalized spacial score (nSPS) is 14.6. The molecular formula is C32H38ClN3O5S. The van der Waals surface area contributed by atoms with Crippen molar-refractivity contribution in [2.24, 2.45) is 0 Å². The standard InChI is InChI=1S/C32H38ClN3O5S/c1-23-17-18-27(20-30(23)33)36(42(39,40)29-15-8-5-9-16-29)22-31(37)35(21-25-11-10-14-28(19-25)41-3)24(2)32(38)34-26-12-6-4-7-13-26/h5,8-11,14-20,24,26H,4,6-7,12-13,21-22H2,1-3H3,(H,34,38)/t24-/m0/s1. The van der Waals surface area contributed by atoms with Gasteiger partial charge in [-0.2, -0.15) is 0 Å². The van der Waals surface area contributed by atoms with Gasteiger partial charge in [0.15, 0.2) is 0 Å². The van der Waals surface area contributed by atoms with E-state index in [0.717, 1.165) is 47.5 Å². The number of anilines is 1. The number of methoxy groups -OCH3 is 1. The van der Waals surface area contributed by atoms with Crippen molar-refractivity contribution in [2.75, 3.05) is 18.0 Å². The molecule has 1 N–H and O–H groups in total. The van der Waals surface area contributed by atoms with Crippen molar-refractivity contribution >= 4 is 39.1 Å². The molecule has 224 valence electrons. The second kappa shape index (κ2) is 14.1. The molecule has 42 heavy (non-hydrogen) atoms. The Hall–Kier alpha value is -3.56. The molecule has 0 radical (unpaired) electrons. The van der Waals surface area contributed by atoms with Crippen molar-refractivity contribution in [3.63, 3.8) is 0 Å². The maximum atomic E-state index is 14.1. The van der Waals surface area contributed by atoms with Crippen LogP contribution in [0.3, 0.4) is 0 Å². The largest absolute Gasteiger partial charge is 0.497 e. The zero-order valence-electron chi connectivity index (χ0n) is 24.3. The summed E-state index contributed by atoms with van der Waals surface area (Å²) in [5.41, 5.74) is 1.77. The fourth-order valence-corrected chi connectivity index (χ4v) is 6.71. The predicted molar refractivity (Wildman–Crippen MR) is 165 cm³/mol. The van der Waals surface area contributed by atoms with E-state index in [9.17, 15) is 18.0 Å². The van der Waals surface area contributed by atoms with E-state index in [4.69, 9.17) is 16.3 Å². The summed E-state index contributed by atoms with van der Waals surface area (Å²) in [6, 6.07) is 19.3. The Morgan fingerprint density at radius 2 is 1.71 bits per heavy atom. The minimum atomic E-state index is -4.16. The molecule has 1 aliphatic carbocycles. The average molecular weight is 612 g/mol. The summed E-state index contributed by atoms with van der Waals surface area (Å²) in [4.78, 5) is 29.0. The topological polar surface area (TPSA) is 96.0 Å².